The van der Waals surface area contributed by atoms with Crippen molar-refractivity contribution in [2.75, 3.05) is 44.2 Å². The Bertz CT molecular complexity index is 346. The van der Waals surface area contributed by atoms with Crippen molar-refractivity contribution in [1.82, 2.24) is 15.2 Å². The van der Waals surface area contributed by atoms with Crippen LogP contribution in [0.25, 0.3) is 0 Å². The Labute approximate surface area is 116 Å². The second-order valence-corrected chi connectivity index (χ2v) is 5.26. The summed E-state index contributed by atoms with van der Waals surface area (Å²) in [5, 5.41) is 3.51. The maximum absolute atomic E-state index is 4.43. The zero-order chi connectivity index (χ0) is 13.5. The van der Waals surface area contributed by atoms with E-state index in [2.05, 4.69) is 46.1 Å². The molecule has 106 valence electrons. The highest BCUT2D eigenvalue weighted by atomic mass is 15.3. The Kier molecular flexibility index (Phi) is 5.61. The number of aromatic nitrogens is 1. The Morgan fingerprint density at radius 3 is 2.68 bits per heavy atom. The molecule has 1 aliphatic rings. The highest BCUT2D eigenvalue weighted by Crippen LogP contribution is 2.13. The molecule has 4 nitrogen and oxygen atoms in total. The molecule has 2 heterocycles. The number of hydrogen-bond donors (Lipinski definition) is 1. The Hall–Kier alpha value is -1.13. The summed E-state index contributed by atoms with van der Waals surface area (Å²) in [6.07, 6.45) is 3.08. The molecule has 0 bridgehead atoms. The fourth-order valence-electron chi connectivity index (χ4n) is 2.55. The molecule has 0 spiro atoms. The summed E-state index contributed by atoms with van der Waals surface area (Å²) >= 11 is 0. The van der Waals surface area contributed by atoms with E-state index in [-0.39, 0.29) is 0 Å². The highest BCUT2D eigenvalue weighted by Gasteiger charge is 2.21. The van der Waals surface area contributed by atoms with Crippen molar-refractivity contribution in [2.24, 2.45) is 0 Å². The Morgan fingerprint density at radius 2 is 2.05 bits per heavy atom. The maximum atomic E-state index is 4.43. The van der Waals surface area contributed by atoms with Crippen molar-refractivity contribution in [3.63, 3.8) is 0 Å². The summed E-state index contributed by atoms with van der Waals surface area (Å²) < 4.78 is 0. The molecule has 1 atom stereocenters. The third-order valence-corrected chi connectivity index (χ3v) is 3.78. The van der Waals surface area contributed by atoms with Gasteiger partial charge in [-0.15, -0.1) is 0 Å². The number of pyridine rings is 1. The highest BCUT2D eigenvalue weighted by molar-refractivity contribution is 5.38. The van der Waals surface area contributed by atoms with Gasteiger partial charge < -0.3 is 10.2 Å². The Morgan fingerprint density at radius 1 is 1.26 bits per heavy atom. The lowest BCUT2D eigenvalue weighted by molar-refractivity contribution is 0.193. The summed E-state index contributed by atoms with van der Waals surface area (Å²) in [5.74, 6) is 1.11. The largest absolute Gasteiger partial charge is 0.354 e. The molecule has 0 aromatic carbocycles. The van der Waals surface area contributed by atoms with Crippen molar-refractivity contribution in [3.8, 4) is 0 Å². The van der Waals surface area contributed by atoms with Crippen LogP contribution in [0.5, 0.6) is 0 Å². The number of piperazine rings is 1. The van der Waals surface area contributed by atoms with E-state index in [0.717, 1.165) is 45.1 Å². The quantitative estimate of drug-likeness (QED) is 0.789. The number of rotatable bonds is 6. The number of nitrogens with zero attached hydrogens (tertiary/aromatic N) is 3. The van der Waals surface area contributed by atoms with E-state index in [0.29, 0.717) is 6.04 Å². The van der Waals surface area contributed by atoms with Gasteiger partial charge in [0.25, 0.3) is 0 Å². The van der Waals surface area contributed by atoms with Gasteiger partial charge in [-0.2, -0.15) is 0 Å². The SMILES string of the molecule is CCCNCC(C)N1CCN(c2ccccn2)CC1. The molecule has 1 aromatic heterocycles. The first-order valence-electron chi connectivity index (χ1n) is 7.42. The molecule has 2 rings (SSSR count). The van der Waals surface area contributed by atoms with Crippen molar-refractivity contribution >= 4 is 5.82 Å². The lowest BCUT2D eigenvalue weighted by atomic mass is 10.2. The Balaban J connectivity index is 1.76. The average molecular weight is 262 g/mol. The minimum Gasteiger partial charge on any atom is -0.354 e. The predicted molar refractivity (Wildman–Crippen MR) is 80.6 cm³/mol. The minimum atomic E-state index is 0.623. The van der Waals surface area contributed by atoms with Crippen molar-refractivity contribution < 1.29 is 0 Å². The molecule has 1 saturated heterocycles. The molecule has 1 N–H and O–H groups in total. The zero-order valence-electron chi connectivity index (χ0n) is 12.2. The topological polar surface area (TPSA) is 31.4 Å². The fraction of sp³-hybridized carbons (Fsp3) is 0.667. The van der Waals surface area contributed by atoms with Crippen molar-refractivity contribution in [2.45, 2.75) is 26.3 Å². The minimum absolute atomic E-state index is 0.623. The third-order valence-electron chi connectivity index (χ3n) is 3.78. The van der Waals surface area contributed by atoms with E-state index in [1.807, 2.05) is 12.3 Å². The van der Waals surface area contributed by atoms with Crippen LogP contribution >= 0.6 is 0 Å². The van der Waals surface area contributed by atoms with E-state index in [1.165, 1.54) is 6.42 Å². The maximum Gasteiger partial charge on any atom is 0.128 e. The van der Waals surface area contributed by atoms with Crippen LogP contribution in [0.1, 0.15) is 20.3 Å². The van der Waals surface area contributed by atoms with E-state index in [4.69, 9.17) is 0 Å². The lowest BCUT2D eigenvalue weighted by Gasteiger charge is -2.38. The summed E-state index contributed by atoms with van der Waals surface area (Å²) in [6.45, 7) is 11.2. The normalized spacial score (nSPS) is 18.5. The van der Waals surface area contributed by atoms with E-state index in [1.54, 1.807) is 0 Å². The summed E-state index contributed by atoms with van der Waals surface area (Å²) in [4.78, 5) is 9.38. The monoisotopic (exact) mass is 262 g/mol. The van der Waals surface area contributed by atoms with Crippen LogP contribution in [0, 0.1) is 0 Å². The van der Waals surface area contributed by atoms with E-state index in [9.17, 15) is 0 Å². The molecule has 1 unspecified atom stereocenters. The molecule has 4 heteroatoms. The van der Waals surface area contributed by atoms with Gasteiger partial charge in [0.2, 0.25) is 0 Å². The third kappa shape index (κ3) is 4.18. The average Bonchev–Trinajstić information content (AvgIpc) is 2.48. The van der Waals surface area contributed by atoms with Crippen LogP contribution in [0.2, 0.25) is 0 Å². The van der Waals surface area contributed by atoms with Gasteiger partial charge in [0, 0.05) is 45.0 Å². The van der Waals surface area contributed by atoms with Crippen LogP contribution in [-0.4, -0.2) is 55.2 Å². The summed E-state index contributed by atoms with van der Waals surface area (Å²) in [6, 6.07) is 6.76. The smallest absolute Gasteiger partial charge is 0.128 e. The molecule has 0 amide bonds. The van der Waals surface area contributed by atoms with E-state index < -0.39 is 0 Å². The molecule has 19 heavy (non-hydrogen) atoms. The van der Waals surface area contributed by atoms with Crippen LogP contribution in [-0.2, 0) is 0 Å². The number of anilines is 1. The van der Waals surface area contributed by atoms with Crippen LogP contribution in [0.15, 0.2) is 24.4 Å². The van der Waals surface area contributed by atoms with Gasteiger partial charge in [-0.05, 0) is 32.0 Å². The van der Waals surface area contributed by atoms with Gasteiger partial charge in [-0.3, -0.25) is 4.90 Å². The zero-order valence-corrected chi connectivity index (χ0v) is 12.2. The second kappa shape index (κ2) is 7.46. The number of hydrogen-bond acceptors (Lipinski definition) is 4. The molecular weight excluding hydrogens is 236 g/mol. The van der Waals surface area contributed by atoms with Gasteiger partial charge >= 0.3 is 0 Å². The molecule has 1 aliphatic heterocycles. The number of nitrogens with one attached hydrogen (secondary N) is 1. The second-order valence-electron chi connectivity index (χ2n) is 5.26. The molecule has 0 radical (unpaired) electrons. The predicted octanol–water partition coefficient (Wildman–Crippen LogP) is 1.59. The standard InChI is InChI=1S/C15H26N4/c1-3-7-16-13-14(2)18-9-11-19(12-10-18)15-6-4-5-8-17-15/h4-6,8,14,16H,3,7,9-13H2,1-2H3. The van der Waals surface area contributed by atoms with Gasteiger partial charge in [-0.1, -0.05) is 13.0 Å². The summed E-state index contributed by atoms with van der Waals surface area (Å²) in [7, 11) is 0. The van der Waals surface area contributed by atoms with Crippen LogP contribution in [0.3, 0.4) is 0 Å². The van der Waals surface area contributed by atoms with Gasteiger partial charge in [0.1, 0.15) is 5.82 Å². The van der Waals surface area contributed by atoms with Gasteiger partial charge in [0.05, 0.1) is 0 Å². The first kappa shape index (κ1) is 14.3. The van der Waals surface area contributed by atoms with Crippen LogP contribution in [0.4, 0.5) is 5.82 Å². The van der Waals surface area contributed by atoms with Crippen LogP contribution < -0.4 is 10.2 Å². The molecule has 0 aliphatic carbocycles. The lowest BCUT2D eigenvalue weighted by Crippen LogP contribution is -2.52. The first-order valence-corrected chi connectivity index (χ1v) is 7.42. The molecule has 0 saturated carbocycles. The summed E-state index contributed by atoms with van der Waals surface area (Å²) in [5.41, 5.74) is 0. The molecular formula is C15H26N4. The first-order chi connectivity index (χ1) is 9.31. The molecule has 1 aromatic rings. The van der Waals surface area contributed by atoms with E-state index >= 15 is 0 Å². The van der Waals surface area contributed by atoms with Gasteiger partial charge in [-0.25, -0.2) is 4.98 Å². The molecule has 1 fully saturated rings. The fourth-order valence-corrected chi connectivity index (χ4v) is 2.55. The van der Waals surface area contributed by atoms with Crippen molar-refractivity contribution in [1.29, 1.82) is 0 Å². The van der Waals surface area contributed by atoms with Crippen molar-refractivity contribution in [3.05, 3.63) is 24.4 Å². The van der Waals surface area contributed by atoms with Gasteiger partial charge in [0.15, 0.2) is 0 Å².